The maximum absolute atomic E-state index is 11.3. The smallest absolute Gasteiger partial charge is 0.223 e. The molecule has 1 heterocycles. The minimum atomic E-state index is 0.129. The predicted molar refractivity (Wildman–Crippen MR) is 45.2 cm³/mol. The first kappa shape index (κ1) is 8.57. The molecule has 1 atom stereocenters. The third kappa shape index (κ3) is 1.95. The average molecular weight is 155 g/mol. The summed E-state index contributed by atoms with van der Waals surface area (Å²) in [7, 11) is 0. The van der Waals surface area contributed by atoms with E-state index in [-0.39, 0.29) is 17.2 Å². The highest BCUT2D eigenvalue weighted by Gasteiger charge is 2.32. The molecule has 0 spiro atoms. The summed E-state index contributed by atoms with van der Waals surface area (Å²) in [5, 5.41) is 2.90. The molecule has 1 fully saturated rings. The fraction of sp³-hybridized carbons (Fsp3) is 0.889. The van der Waals surface area contributed by atoms with Crippen molar-refractivity contribution in [2.75, 3.05) is 6.54 Å². The van der Waals surface area contributed by atoms with Gasteiger partial charge in [-0.3, -0.25) is 4.79 Å². The van der Waals surface area contributed by atoms with Gasteiger partial charge in [-0.1, -0.05) is 20.8 Å². The lowest BCUT2D eigenvalue weighted by Gasteiger charge is -2.32. The number of carbonyl (C=O) groups is 1. The molecule has 2 heteroatoms. The number of piperidine rings is 1. The number of hydrogen-bond donors (Lipinski definition) is 1. The lowest BCUT2D eigenvalue weighted by atomic mass is 9.76. The summed E-state index contributed by atoms with van der Waals surface area (Å²) in [6.07, 6.45) is 2.18. The van der Waals surface area contributed by atoms with Crippen LogP contribution in [0.15, 0.2) is 0 Å². The molecule has 11 heavy (non-hydrogen) atoms. The molecule has 0 aromatic carbocycles. The average Bonchev–Trinajstić information content (AvgIpc) is 1.86. The zero-order valence-corrected chi connectivity index (χ0v) is 7.61. The highest BCUT2D eigenvalue weighted by atomic mass is 16.1. The Hall–Kier alpha value is -0.530. The van der Waals surface area contributed by atoms with Crippen molar-refractivity contribution in [3.05, 3.63) is 0 Å². The predicted octanol–water partition coefficient (Wildman–Crippen LogP) is 1.56. The van der Waals surface area contributed by atoms with E-state index in [2.05, 4.69) is 26.1 Å². The van der Waals surface area contributed by atoms with Crippen LogP contribution in [0.25, 0.3) is 0 Å². The second-order valence-corrected chi connectivity index (χ2v) is 4.35. The van der Waals surface area contributed by atoms with Crippen molar-refractivity contribution in [3.8, 4) is 0 Å². The Morgan fingerprint density at radius 3 is 2.45 bits per heavy atom. The van der Waals surface area contributed by atoms with Crippen LogP contribution in [0, 0.1) is 11.3 Å². The quantitative estimate of drug-likeness (QED) is 0.565. The van der Waals surface area contributed by atoms with E-state index < -0.39 is 0 Å². The van der Waals surface area contributed by atoms with E-state index in [9.17, 15) is 4.79 Å². The van der Waals surface area contributed by atoms with Crippen LogP contribution in [0.4, 0.5) is 0 Å². The minimum absolute atomic E-state index is 0.129. The molecule has 1 aliphatic rings. The van der Waals surface area contributed by atoms with Gasteiger partial charge < -0.3 is 5.32 Å². The molecule has 1 rings (SSSR count). The molecule has 0 unspecified atom stereocenters. The lowest BCUT2D eigenvalue weighted by molar-refractivity contribution is -0.130. The van der Waals surface area contributed by atoms with Gasteiger partial charge in [0.2, 0.25) is 5.91 Å². The summed E-state index contributed by atoms with van der Waals surface area (Å²) < 4.78 is 0. The molecule has 0 saturated carbocycles. The van der Waals surface area contributed by atoms with Crippen molar-refractivity contribution in [1.82, 2.24) is 5.32 Å². The zero-order chi connectivity index (χ0) is 8.48. The van der Waals surface area contributed by atoms with Crippen LogP contribution in [0.3, 0.4) is 0 Å². The van der Waals surface area contributed by atoms with Gasteiger partial charge in [0, 0.05) is 12.5 Å². The highest BCUT2D eigenvalue weighted by Crippen LogP contribution is 2.31. The second kappa shape index (κ2) is 2.84. The summed E-state index contributed by atoms with van der Waals surface area (Å²) in [6, 6.07) is 0. The van der Waals surface area contributed by atoms with E-state index in [4.69, 9.17) is 0 Å². The SMILES string of the molecule is CC(C)(C)[C@@H]1CCCNC1=O. The summed E-state index contributed by atoms with van der Waals surface area (Å²) in [6.45, 7) is 7.25. The summed E-state index contributed by atoms with van der Waals surface area (Å²) >= 11 is 0. The molecule has 2 nitrogen and oxygen atoms in total. The van der Waals surface area contributed by atoms with Crippen LogP contribution in [-0.2, 0) is 4.79 Å². The van der Waals surface area contributed by atoms with Gasteiger partial charge in [0.15, 0.2) is 0 Å². The molecule has 1 saturated heterocycles. The van der Waals surface area contributed by atoms with Gasteiger partial charge >= 0.3 is 0 Å². The third-order valence-corrected chi connectivity index (χ3v) is 2.33. The van der Waals surface area contributed by atoms with Crippen LogP contribution in [-0.4, -0.2) is 12.5 Å². The fourth-order valence-corrected chi connectivity index (χ4v) is 1.60. The Morgan fingerprint density at radius 1 is 1.45 bits per heavy atom. The van der Waals surface area contributed by atoms with Crippen molar-refractivity contribution in [1.29, 1.82) is 0 Å². The first-order valence-electron chi connectivity index (χ1n) is 4.29. The molecule has 0 aliphatic carbocycles. The minimum Gasteiger partial charge on any atom is -0.356 e. The molecule has 64 valence electrons. The molecule has 0 bridgehead atoms. The van der Waals surface area contributed by atoms with Crippen molar-refractivity contribution in [2.24, 2.45) is 11.3 Å². The molecular formula is C9H17NO. The Morgan fingerprint density at radius 2 is 2.09 bits per heavy atom. The Labute approximate surface area is 68.4 Å². The van der Waals surface area contributed by atoms with E-state index in [1.165, 1.54) is 0 Å². The summed E-state index contributed by atoms with van der Waals surface area (Å²) in [4.78, 5) is 11.3. The Balaban J connectivity index is 2.62. The molecule has 0 aromatic heterocycles. The molecule has 1 aliphatic heterocycles. The highest BCUT2D eigenvalue weighted by molar-refractivity contribution is 5.79. The summed E-state index contributed by atoms with van der Waals surface area (Å²) in [5.41, 5.74) is 0.129. The monoisotopic (exact) mass is 155 g/mol. The summed E-state index contributed by atoms with van der Waals surface area (Å²) in [5.74, 6) is 0.458. The maximum Gasteiger partial charge on any atom is 0.223 e. The van der Waals surface area contributed by atoms with E-state index in [0.717, 1.165) is 19.4 Å². The standard InChI is InChI=1S/C9H17NO/c1-9(2,3)7-5-4-6-10-8(7)11/h7H,4-6H2,1-3H3,(H,10,11)/t7-/m1/s1. The van der Waals surface area contributed by atoms with Crippen LogP contribution >= 0.6 is 0 Å². The molecular weight excluding hydrogens is 138 g/mol. The molecule has 0 aromatic rings. The van der Waals surface area contributed by atoms with Crippen LogP contribution in [0.1, 0.15) is 33.6 Å². The number of nitrogens with one attached hydrogen (secondary N) is 1. The zero-order valence-electron chi connectivity index (χ0n) is 7.61. The van der Waals surface area contributed by atoms with Gasteiger partial charge in [0.1, 0.15) is 0 Å². The van der Waals surface area contributed by atoms with Crippen molar-refractivity contribution < 1.29 is 4.79 Å². The Bertz CT molecular complexity index is 157. The van der Waals surface area contributed by atoms with Crippen LogP contribution in [0.2, 0.25) is 0 Å². The third-order valence-electron chi connectivity index (χ3n) is 2.33. The number of hydrogen-bond acceptors (Lipinski definition) is 1. The molecule has 0 radical (unpaired) electrons. The van der Waals surface area contributed by atoms with E-state index in [1.807, 2.05) is 0 Å². The topological polar surface area (TPSA) is 29.1 Å². The molecule has 1 amide bonds. The van der Waals surface area contributed by atoms with E-state index in [1.54, 1.807) is 0 Å². The van der Waals surface area contributed by atoms with Crippen LogP contribution < -0.4 is 5.32 Å². The van der Waals surface area contributed by atoms with Gasteiger partial charge in [-0.05, 0) is 18.3 Å². The van der Waals surface area contributed by atoms with Crippen molar-refractivity contribution in [3.63, 3.8) is 0 Å². The van der Waals surface area contributed by atoms with Crippen molar-refractivity contribution >= 4 is 5.91 Å². The first-order valence-corrected chi connectivity index (χ1v) is 4.29. The van der Waals surface area contributed by atoms with E-state index >= 15 is 0 Å². The van der Waals surface area contributed by atoms with Gasteiger partial charge in [0.25, 0.3) is 0 Å². The first-order chi connectivity index (χ1) is 5.02. The number of rotatable bonds is 0. The normalized spacial score (nSPS) is 26.5. The number of amides is 1. The van der Waals surface area contributed by atoms with Crippen LogP contribution in [0.5, 0.6) is 0 Å². The van der Waals surface area contributed by atoms with Gasteiger partial charge in [0.05, 0.1) is 0 Å². The van der Waals surface area contributed by atoms with Gasteiger partial charge in [-0.25, -0.2) is 0 Å². The Kier molecular flexibility index (Phi) is 2.21. The van der Waals surface area contributed by atoms with E-state index in [0.29, 0.717) is 0 Å². The fourth-order valence-electron chi connectivity index (χ4n) is 1.60. The van der Waals surface area contributed by atoms with Gasteiger partial charge in [-0.2, -0.15) is 0 Å². The van der Waals surface area contributed by atoms with Crippen molar-refractivity contribution in [2.45, 2.75) is 33.6 Å². The largest absolute Gasteiger partial charge is 0.356 e. The van der Waals surface area contributed by atoms with Gasteiger partial charge in [-0.15, -0.1) is 0 Å². The second-order valence-electron chi connectivity index (χ2n) is 4.35. The number of carbonyl (C=O) groups excluding carboxylic acids is 1. The molecule has 1 N–H and O–H groups in total. The lowest BCUT2D eigenvalue weighted by Crippen LogP contribution is -2.42. The maximum atomic E-state index is 11.3.